The van der Waals surface area contributed by atoms with Crippen LogP contribution in [0.5, 0.6) is 0 Å². The second-order valence-corrected chi connectivity index (χ2v) is 8.41. The van der Waals surface area contributed by atoms with Gasteiger partial charge < -0.3 is 19.7 Å². The number of morpholine rings is 1. The highest BCUT2D eigenvalue weighted by atomic mass is 32.2. The molecule has 0 spiro atoms. The second kappa shape index (κ2) is 8.98. The predicted octanol–water partition coefficient (Wildman–Crippen LogP) is -0.419. The molecule has 1 N–H and O–H groups in total. The molecule has 0 aliphatic carbocycles. The molecule has 2 saturated heterocycles. The first-order chi connectivity index (χ1) is 11.4. The van der Waals surface area contributed by atoms with Gasteiger partial charge in [0.05, 0.1) is 25.6 Å². The summed E-state index contributed by atoms with van der Waals surface area (Å²) in [4.78, 5) is 6.57. The quantitative estimate of drug-likeness (QED) is 0.528. The molecule has 0 amide bonds. The van der Waals surface area contributed by atoms with Gasteiger partial charge in [0.15, 0.2) is 5.96 Å². The van der Waals surface area contributed by atoms with Gasteiger partial charge in [-0.3, -0.25) is 4.99 Å². The van der Waals surface area contributed by atoms with Gasteiger partial charge in [0.2, 0.25) is 10.0 Å². The molecule has 24 heavy (non-hydrogen) atoms. The van der Waals surface area contributed by atoms with Gasteiger partial charge in [0, 0.05) is 46.9 Å². The fourth-order valence-electron chi connectivity index (χ4n) is 3.21. The molecule has 2 aliphatic heterocycles. The van der Waals surface area contributed by atoms with Crippen molar-refractivity contribution in [3.63, 3.8) is 0 Å². The molecule has 0 bridgehead atoms. The lowest BCUT2D eigenvalue weighted by molar-refractivity contribution is -0.0447. The van der Waals surface area contributed by atoms with E-state index in [1.54, 1.807) is 18.5 Å². The molecular formula is C15H30N4O4S. The van der Waals surface area contributed by atoms with Crippen LogP contribution in [0.15, 0.2) is 4.99 Å². The minimum absolute atomic E-state index is 0.0697. The van der Waals surface area contributed by atoms with Gasteiger partial charge in [-0.1, -0.05) is 0 Å². The lowest BCUT2D eigenvalue weighted by Crippen LogP contribution is -2.52. The van der Waals surface area contributed by atoms with E-state index < -0.39 is 10.0 Å². The van der Waals surface area contributed by atoms with Crippen molar-refractivity contribution in [1.29, 1.82) is 0 Å². The maximum absolute atomic E-state index is 11.6. The summed E-state index contributed by atoms with van der Waals surface area (Å²) in [6.07, 6.45) is 3.11. The Kier molecular flexibility index (Phi) is 7.27. The Morgan fingerprint density at radius 2 is 2.04 bits per heavy atom. The number of nitrogens with one attached hydrogen (secondary N) is 1. The minimum atomic E-state index is -3.06. The SMILES string of the molecule is CN=C(NCC1CCN(S(C)(=O)=O)CC1)N1CCOC(COC)C1. The van der Waals surface area contributed by atoms with E-state index in [1.165, 1.54) is 6.26 Å². The number of methoxy groups -OCH3 is 1. The summed E-state index contributed by atoms with van der Waals surface area (Å²) in [5.74, 6) is 1.35. The van der Waals surface area contributed by atoms with Crippen molar-refractivity contribution in [1.82, 2.24) is 14.5 Å². The summed E-state index contributed by atoms with van der Waals surface area (Å²) in [5.41, 5.74) is 0. The van der Waals surface area contributed by atoms with E-state index >= 15 is 0 Å². The number of guanidine groups is 1. The largest absolute Gasteiger partial charge is 0.382 e. The van der Waals surface area contributed by atoms with Gasteiger partial charge in [0.1, 0.15) is 0 Å². The second-order valence-electron chi connectivity index (χ2n) is 6.43. The molecule has 140 valence electrons. The molecule has 0 saturated carbocycles. The summed E-state index contributed by atoms with van der Waals surface area (Å²) >= 11 is 0. The van der Waals surface area contributed by atoms with Crippen LogP contribution in [0.3, 0.4) is 0 Å². The molecule has 8 nitrogen and oxygen atoms in total. The van der Waals surface area contributed by atoms with Crippen molar-refractivity contribution < 1.29 is 17.9 Å². The van der Waals surface area contributed by atoms with Crippen molar-refractivity contribution in [3.05, 3.63) is 0 Å². The zero-order chi connectivity index (χ0) is 17.6. The third kappa shape index (κ3) is 5.58. The smallest absolute Gasteiger partial charge is 0.211 e. The van der Waals surface area contributed by atoms with E-state index in [-0.39, 0.29) is 6.10 Å². The van der Waals surface area contributed by atoms with Gasteiger partial charge >= 0.3 is 0 Å². The van der Waals surface area contributed by atoms with E-state index in [1.807, 2.05) is 0 Å². The van der Waals surface area contributed by atoms with E-state index in [0.717, 1.165) is 38.4 Å². The lowest BCUT2D eigenvalue weighted by Gasteiger charge is -2.36. The molecule has 9 heteroatoms. The first-order valence-corrected chi connectivity index (χ1v) is 10.3. The highest BCUT2D eigenvalue weighted by Crippen LogP contribution is 2.18. The predicted molar refractivity (Wildman–Crippen MR) is 93.7 cm³/mol. The number of sulfonamides is 1. The summed E-state index contributed by atoms with van der Waals surface area (Å²) in [7, 11) is 0.407. The Hall–Kier alpha value is -0.900. The van der Waals surface area contributed by atoms with Gasteiger partial charge in [-0.25, -0.2) is 12.7 Å². The van der Waals surface area contributed by atoms with E-state index in [9.17, 15) is 8.42 Å². The van der Waals surface area contributed by atoms with Crippen LogP contribution in [-0.2, 0) is 19.5 Å². The molecule has 2 rings (SSSR count). The monoisotopic (exact) mass is 362 g/mol. The normalized spacial score (nSPS) is 25.0. The topological polar surface area (TPSA) is 83.5 Å². The Morgan fingerprint density at radius 1 is 1.33 bits per heavy atom. The fourth-order valence-corrected chi connectivity index (χ4v) is 4.09. The standard InChI is InChI=1S/C15H30N4O4S/c1-16-15(18-8-9-23-14(11-18)12-22-2)17-10-13-4-6-19(7-5-13)24(3,20)21/h13-14H,4-12H2,1-3H3,(H,16,17). The zero-order valence-corrected chi connectivity index (χ0v) is 15.7. The number of aliphatic imine (C=N–C) groups is 1. The highest BCUT2D eigenvalue weighted by Gasteiger charge is 2.26. The third-order valence-corrected chi connectivity index (χ3v) is 5.90. The number of piperidine rings is 1. The van der Waals surface area contributed by atoms with E-state index in [4.69, 9.17) is 9.47 Å². The van der Waals surface area contributed by atoms with Gasteiger partial charge in [-0.05, 0) is 18.8 Å². The fraction of sp³-hybridized carbons (Fsp3) is 0.933. The van der Waals surface area contributed by atoms with Crippen molar-refractivity contribution in [2.45, 2.75) is 18.9 Å². The van der Waals surface area contributed by atoms with Crippen LogP contribution < -0.4 is 5.32 Å². The Bertz CT molecular complexity index is 516. The molecular weight excluding hydrogens is 332 g/mol. The molecule has 1 unspecified atom stereocenters. The molecule has 0 aromatic carbocycles. The Labute approximate surface area is 145 Å². The molecule has 0 aromatic rings. The maximum Gasteiger partial charge on any atom is 0.211 e. The number of nitrogens with zero attached hydrogens (tertiary/aromatic N) is 3. The number of hydrogen-bond donors (Lipinski definition) is 1. The average molecular weight is 362 g/mol. The molecule has 0 aromatic heterocycles. The van der Waals surface area contributed by atoms with Crippen molar-refractivity contribution in [3.8, 4) is 0 Å². The van der Waals surface area contributed by atoms with Gasteiger partial charge in [0.25, 0.3) is 0 Å². The lowest BCUT2D eigenvalue weighted by atomic mass is 9.98. The van der Waals surface area contributed by atoms with Crippen LogP contribution >= 0.6 is 0 Å². The van der Waals surface area contributed by atoms with Crippen LogP contribution in [0.25, 0.3) is 0 Å². The maximum atomic E-state index is 11.6. The minimum Gasteiger partial charge on any atom is -0.382 e. The van der Waals surface area contributed by atoms with Crippen LogP contribution in [0, 0.1) is 5.92 Å². The number of hydrogen-bond acceptors (Lipinski definition) is 5. The van der Waals surface area contributed by atoms with Crippen LogP contribution in [0.4, 0.5) is 0 Å². The summed E-state index contributed by atoms with van der Waals surface area (Å²) in [6.45, 7) is 4.86. The van der Waals surface area contributed by atoms with Crippen LogP contribution in [-0.4, -0.2) is 96.0 Å². The number of ether oxygens (including phenoxy) is 2. The average Bonchev–Trinajstić information content (AvgIpc) is 2.56. The van der Waals surface area contributed by atoms with Crippen molar-refractivity contribution in [2.75, 3.05) is 66.4 Å². The van der Waals surface area contributed by atoms with Crippen molar-refractivity contribution >= 4 is 16.0 Å². The van der Waals surface area contributed by atoms with Crippen LogP contribution in [0.1, 0.15) is 12.8 Å². The van der Waals surface area contributed by atoms with Crippen LogP contribution in [0.2, 0.25) is 0 Å². The molecule has 2 aliphatic rings. The van der Waals surface area contributed by atoms with E-state index in [0.29, 0.717) is 32.2 Å². The summed E-state index contributed by atoms with van der Waals surface area (Å²) < 4.78 is 35.5. The van der Waals surface area contributed by atoms with Crippen molar-refractivity contribution in [2.24, 2.45) is 10.9 Å². The third-order valence-electron chi connectivity index (χ3n) is 4.59. The first kappa shape index (κ1) is 19.4. The summed E-state index contributed by atoms with van der Waals surface area (Å²) in [5, 5.41) is 3.44. The molecule has 2 heterocycles. The van der Waals surface area contributed by atoms with E-state index in [2.05, 4.69) is 15.2 Å². The highest BCUT2D eigenvalue weighted by molar-refractivity contribution is 7.88. The molecule has 1 atom stereocenters. The van der Waals surface area contributed by atoms with Gasteiger partial charge in [-0.2, -0.15) is 0 Å². The zero-order valence-electron chi connectivity index (χ0n) is 14.9. The Balaban J connectivity index is 1.78. The molecule has 2 fully saturated rings. The van der Waals surface area contributed by atoms with Gasteiger partial charge in [-0.15, -0.1) is 0 Å². The Morgan fingerprint density at radius 3 is 2.62 bits per heavy atom. The first-order valence-electron chi connectivity index (χ1n) is 8.45. The molecule has 0 radical (unpaired) electrons. The summed E-state index contributed by atoms with van der Waals surface area (Å²) in [6, 6.07) is 0. The number of rotatable bonds is 5.